The minimum absolute atomic E-state index is 0.0243. The molecule has 28 heavy (non-hydrogen) atoms. The maximum absolute atomic E-state index is 12.5. The van der Waals surface area contributed by atoms with Crippen LogP contribution < -0.4 is 5.32 Å². The number of benzene rings is 2. The summed E-state index contributed by atoms with van der Waals surface area (Å²) in [4.78, 5) is 30.1. The van der Waals surface area contributed by atoms with Gasteiger partial charge in [-0.3, -0.25) is 9.59 Å². The van der Waals surface area contributed by atoms with Crippen LogP contribution in [0.3, 0.4) is 0 Å². The first-order valence-corrected chi connectivity index (χ1v) is 9.06. The molecule has 0 saturated heterocycles. The van der Waals surface area contributed by atoms with Gasteiger partial charge < -0.3 is 10.2 Å². The van der Waals surface area contributed by atoms with Crippen molar-refractivity contribution in [3.63, 3.8) is 0 Å². The molecule has 0 aliphatic rings. The topological polar surface area (TPSA) is 80.1 Å². The number of nitrogens with zero attached hydrogens (tertiary/aromatic N) is 4. The van der Waals surface area contributed by atoms with Gasteiger partial charge in [-0.2, -0.15) is 5.10 Å². The zero-order chi connectivity index (χ0) is 19.9. The second kappa shape index (κ2) is 8.94. The Kier molecular flexibility index (Phi) is 6.16. The van der Waals surface area contributed by atoms with Crippen molar-refractivity contribution in [2.75, 3.05) is 13.6 Å². The number of carbonyl (C=O) groups excluding carboxylic acids is 2. The van der Waals surface area contributed by atoms with Crippen LogP contribution in [0.1, 0.15) is 24.1 Å². The summed E-state index contributed by atoms with van der Waals surface area (Å²) in [6.07, 6.45) is 3.37. The lowest BCUT2D eigenvalue weighted by atomic mass is 10.1. The van der Waals surface area contributed by atoms with E-state index < -0.39 is 0 Å². The van der Waals surface area contributed by atoms with Gasteiger partial charge >= 0.3 is 0 Å². The van der Waals surface area contributed by atoms with Gasteiger partial charge in [-0.25, -0.2) is 9.67 Å². The molecule has 1 unspecified atom stereocenters. The number of rotatable bonds is 7. The van der Waals surface area contributed by atoms with Crippen LogP contribution >= 0.6 is 0 Å². The van der Waals surface area contributed by atoms with Gasteiger partial charge in [0.2, 0.25) is 11.8 Å². The Balaban J connectivity index is 1.53. The molecule has 0 aliphatic carbocycles. The smallest absolute Gasteiger partial charge is 0.242 e. The lowest BCUT2D eigenvalue weighted by Crippen LogP contribution is -2.39. The molecule has 1 N–H and O–H groups in total. The normalized spacial score (nSPS) is 11.6. The number of likely N-dealkylation sites (N-methyl/N-ethyl adjacent to an activating group) is 1. The van der Waals surface area contributed by atoms with Crippen LogP contribution in [0.4, 0.5) is 0 Å². The van der Waals surface area contributed by atoms with Crippen molar-refractivity contribution in [3.05, 3.63) is 78.4 Å². The van der Waals surface area contributed by atoms with Crippen molar-refractivity contribution in [2.24, 2.45) is 0 Å². The monoisotopic (exact) mass is 377 g/mol. The number of hydrogen-bond donors (Lipinski definition) is 1. The van der Waals surface area contributed by atoms with Gasteiger partial charge in [0, 0.05) is 7.05 Å². The summed E-state index contributed by atoms with van der Waals surface area (Å²) in [5.74, 6) is -0.313. The maximum atomic E-state index is 12.5. The highest BCUT2D eigenvalue weighted by molar-refractivity contribution is 5.85. The predicted octanol–water partition coefficient (Wildman–Crippen LogP) is 2.15. The molecule has 7 nitrogen and oxygen atoms in total. The van der Waals surface area contributed by atoms with Gasteiger partial charge in [0.25, 0.3) is 0 Å². The fraction of sp³-hybridized carbons (Fsp3) is 0.238. The van der Waals surface area contributed by atoms with Crippen LogP contribution in [0.5, 0.6) is 0 Å². The molecule has 1 aromatic heterocycles. The van der Waals surface area contributed by atoms with Crippen LogP contribution in [0.2, 0.25) is 0 Å². The molecule has 3 aromatic rings. The van der Waals surface area contributed by atoms with E-state index in [4.69, 9.17) is 0 Å². The Morgan fingerprint density at radius 2 is 1.82 bits per heavy atom. The minimum atomic E-state index is -0.169. The summed E-state index contributed by atoms with van der Waals surface area (Å²) < 4.78 is 1.67. The van der Waals surface area contributed by atoms with E-state index in [1.54, 1.807) is 23.0 Å². The number of amides is 2. The molecule has 1 heterocycles. The highest BCUT2D eigenvalue weighted by atomic mass is 16.2. The number of nitrogens with one attached hydrogen (secondary N) is 1. The Bertz CT molecular complexity index is 908. The van der Waals surface area contributed by atoms with E-state index in [9.17, 15) is 9.59 Å². The van der Waals surface area contributed by atoms with Crippen molar-refractivity contribution >= 4 is 11.8 Å². The summed E-state index contributed by atoms with van der Waals surface area (Å²) >= 11 is 0. The van der Waals surface area contributed by atoms with E-state index in [1.807, 2.05) is 61.5 Å². The summed E-state index contributed by atoms with van der Waals surface area (Å²) in [6.45, 7) is 1.93. The Labute approximate surface area is 164 Å². The van der Waals surface area contributed by atoms with E-state index in [-0.39, 0.29) is 30.8 Å². The zero-order valence-corrected chi connectivity index (χ0v) is 15.9. The molecule has 0 spiro atoms. The lowest BCUT2D eigenvalue weighted by Gasteiger charge is -2.25. The molecule has 3 rings (SSSR count). The van der Waals surface area contributed by atoms with Crippen LogP contribution in [0, 0.1) is 0 Å². The average Bonchev–Trinajstić information content (AvgIpc) is 3.26. The van der Waals surface area contributed by atoms with Crippen LogP contribution in [-0.2, 0) is 16.0 Å². The number of aromatic nitrogens is 3. The molecule has 0 fully saturated rings. The third-order valence-corrected chi connectivity index (χ3v) is 4.68. The van der Waals surface area contributed by atoms with E-state index >= 15 is 0 Å². The van der Waals surface area contributed by atoms with Crippen molar-refractivity contribution in [1.82, 2.24) is 25.0 Å². The second-order valence-corrected chi connectivity index (χ2v) is 6.55. The molecule has 7 heteroatoms. The van der Waals surface area contributed by atoms with Crippen molar-refractivity contribution in [2.45, 2.75) is 19.4 Å². The summed E-state index contributed by atoms with van der Waals surface area (Å²) in [6, 6.07) is 17.1. The average molecular weight is 377 g/mol. The van der Waals surface area contributed by atoms with Crippen molar-refractivity contribution in [3.8, 4) is 5.69 Å². The second-order valence-electron chi connectivity index (χ2n) is 6.55. The van der Waals surface area contributed by atoms with Gasteiger partial charge in [0.1, 0.15) is 12.7 Å². The first-order valence-electron chi connectivity index (χ1n) is 9.06. The number of hydrogen-bond acceptors (Lipinski definition) is 4. The largest absolute Gasteiger partial charge is 0.347 e. The molecule has 0 radical (unpaired) electrons. The Morgan fingerprint density at radius 3 is 2.46 bits per heavy atom. The molecule has 2 aromatic carbocycles. The van der Waals surface area contributed by atoms with Crippen molar-refractivity contribution in [1.29, 1.82) is 0 Å². The third kappa shape index (κ3) is 4.82. The van der Waals surface area contributed by atoms with E-state index in [2.05, 4.69) is 15.4 Å². The van der Waals surface area contributed by atoms with E-state index in [0.29, 0.717) is 0 Å². The van der Waals surface area contributed by atoms with E-state index in [0.717, 1.165) is 16.8 Å². The van der Waals surface area contributed by atoms with E-state index in [1.165, 1.54) is 6.33 Å². The Hall–Kier alpha value is -3.48. The van der Waals surface area contributed by atoms with Crippen LogP contribution in [0.25, 0.3) is 5.69 Å². The standard InChI is InChI=1S/C21H23N5O2/c1-16(18-8-10-19(11-9-18)26-15-22-14-24-26)25(2)21(28)13-23-20(27)12-17-6-4-3-5-7-17/h3-11,14-16H,12-13H2,1-2H3,(H,23,27). The molecule has 144 valence electrons. The van der Waals surface area contributed by atoms with Gasteiger partial charge in [-0.1, -0.05) is 42.5 Å². The summed E-state index contributed by atoms with van der Waals surface area (Å²) in [5, 5.41) is 6.79. The molecule has 0 aliphatic heterocycles. The first-order chi connectivity index (χ1) is 13.5. The molecular weight excluding hydrogens is 354 g/mol. The minimum Gasteiger partial charge on any atom is -0.347 e. The summed E-state index contributed by atoms with van der Waals surface area (Å²) in [5.41, 5.74) is 2.81. The molecule has 0 bridgehead atoms. The molecular formula is C21H23N5O2. The zero-order valence-electron chi connectivity index (χ0n) is 15.9. The third-order valence-electron chi connectivity index (χ3n) is 4.68. The SMILES string of the molecule is CC(c1ccc(-n2cncn2)cc1)N(C)C(=O)CNC(=O)Cc1ccccc1. The molecule has 1 atom stereocenters. The fourth-order valence-corrected chi connectivity index (χ4v) is 2.83. The highest BCUT2D eigenvalue weighted by Crippen LogP contribution is 2.20. The maximum Gasteiger partial charge on any atom is 0.242 e. The molecule has 0 saturated carbocycles. The van der Waals surface area contributed by atoms with Gasteiger partial charge in [-0.15, -0.1) is 0 Å². The van der Waals surface area contributed by atoms with Crippen molar-refractivity contribution < 1.29 is 9.59 Å². The lowest BCUT2D eigenvalue weighted by molar-refractivity contribution is -0.133. The van der Waals surface area contributed by atoms with Crippen LogP contribution in [0.15, 0.2) is 67.3 Å². The van der Waals surface area contributed by atoms with Gasteiger partial charge in [0.05, 0.1) is 24.7 Å². The molecule has 2 amide bonds. The van der Waals surface area contributed by atoms with Gasteiger partial charge in [0.15, 0.2) is 0 Å². The fourth-order valence-electron chi connectivity index (χ4n) is 2.83. The predicted molar refractivity (Wildman–Crippen MR) is 106 cm³/mol. The quantitative estimate of drug-likeness (QED) is 0.684. The number of carbonyl (C=O) groups is 2. The first kappa shape index (κ1) is 19.3. The highest BCUT2D eigenvalue weighted by Gasteiger charge is 2.18. The Morgan fingerprint density at radius 1 is 1.11 bits per heavy atom. The van der Waals surface area contributed by atoms with Gasteiger partial charge in [-0.05, 0) is 30.2 Å². The summed E-state index contributed by atoms with van der Waals surface area (Å²) in [7, 11) is 1.74. The van der Waals surface area contributed by atoms with Crippen LogP contribution in [-0.4, -0.2) is 45.1 Å².